The molecule has 1 heterocycles. The minimum absolute atomic E-state index is 0.00866. The van der Waals surface area contributed by atoms with Gasteiger partial charge >= 0.3 is 6.09 Å². The van der Waals surface area contributed by atoms with Crippen molar-refractivity contribution in [2.24, 2.45) is 0 Å². The first kappa shape index (κ1) is 17.0. The van der Waals surface area contributed by atoms with Gasteiger partial charge in [-0.25, -0.2) is 14.8 Å². The lowest BCUT2D eigenvalue weighted by molar-refractivity contribution is -0.384. The zero-order valence-corrected chi connectivity index (χ0v) is 13.5. The molecule has 0 saturated carbocycles. The average Bonchev–Trinajstić information content (AvgIpc) is 2.67. The first-order chi connectivity index (χ1) is 12.6. The molecule has 0 aliphatic carbocycles. The molecule has 0 radical (unpaired) electrons. The van der Waals surface area contributed by atoms with Crippen molar-refractivity contribution in [2.75, 3.05) is 5.32 Å². The van der Waals surface area contributed by atoms with Gasteiger partial charge in [-0.1, -0.05) is 30.3 Å². The lowest BCUT2D eigenvalue weighted by atomic mass is 10.1. The maximum Gasteiger partial charge on any atom is 0.414 e. The van der Waals surface area contributed by atoms with Crippen molar-refractivity contribution in [3.8, 4) is 11.3 Å². The van der Waals surface area contributed by atoms with E-state index in [4.69, 9.17) is 4.74 Å². The Balaban J connectivity index is 1.65. The van der Waals surface area contributed by atoms with E-state index < -0.39 is 11.0 Å². The Morgan fingerprint density at radius 1 is 1.08 bits per heavy atom. The topological polar surface area (TPSA) is 107 Å². The Bertz CT molecular complexity index is 914. The van der Waals surface area contributed by atoms with E-state index in [1.54, 1.807) is 18.2 Å². The quantitative estimate of drug-likeness (QED) is 0.554. The number of amides is 1. The van der Waals surface area contributed by atoms with Crippen molar-refractivity contribution in [3.63, 3.8) is 0 Å². The fraction of sp³-hybridized carbons (Fsp3) is 0.0556. The van der Waals surface area contributed by atoms with Crippen LogP contribution in [0.4, 0.5) is 16.4 Å². The molecule has 0 saturated heterocycles. The molecule has 26 heavy (non-hydrogen) atoms. The van der Waals surface area contributed by atoms with Gasteiger partial charge in [-0.05, 0) is 23.8 Å². The van der Waals surface area contributed by atoms with Crippen molar-refractivity contribution in [2.45, 2.75) is 6.61 Å². The number of rotatable bonds is 5. The van der Waals surface area contributed by atoms with Crippen LogP contribution in [-0.2, 0) is 11.3 Å². The van der Waals surface area contributed by atoms with Gasteiger partial charge in [0, 0.05) is 23.9 Å². The van der Waals surface area contributed by atoms with E-state index in [0.29, 0.717) is 11.3 Å². The van der Waals surface area contributed by atoms with Gasteiger partial charge in [0.25, 0.3) is 5.69 Å². The standard InChI is InChI=1S/C18H14N4O4/c23-18(26-12-13-4-2-1-3-5-13)21-17-19-11-10-16(20-17)14-6-8-15(9-7-14)22(24)25/h1-11H,12H2,(H,19,20,21,23). The van der Waals surface area contributed by atoms with E-state index in [9.17, 15) is 14.9 Å². The minimum atomic E-state index is -0.672. The summed E-state index contributed by atoms with van der Waals surface area (Å²) in [5.41, 5.74) is 2.04. The molecular formula is C18H14N4O4. The van der Waals surface area contributed by atoms with Crippen LogP contribution in [0.3, 0.4) is 0 Å². The summed E-state index contributed by atoms with van der Waals surface area (Å²) in [6, 6.07) is 16.9. The molecule has 0 atom stereocenters. The number of aromatic nitrogens is 2. The molecule has 1 N–H and O–H groups in total. The summed E-state index contributed by atoms with van der Waals surface area (Å²) in [5.74, 6) is 0.0823. The maximum atomic E-state index is 11.9. The van der Waals surface area contributed by atoms with Gasteiger partial charge < -0.3 is 4.74 Å². The van der Waals surface area contributed by atoms with Crippen molar-refractivity contribution in [3.05, 3.63) is 82.5 Å². The molecule has 0 fully saturated rings. The predicted molar refractivity (Wildman–Crippen MR) is 94.4 cm³/mol. The zero-order chi connectivity index (χ0) is 18.4. The molecule has 3 rings (SSSR count). The summed E-state index contributed by atoms with van der Waals surface area (Å²) >= 11 is 0. The molecule has 3 aromatic rings. The Labute approximate surface area is 148 Å². The monoisotopic (exact) mass is 350 g/mol. The minimum Gasteiger partial charge on any atom is -0.444 e. The number of non-ortho nitro benzene ring substituents is 1. The van der Waals surface area contributed by atoms with Crippen molar-refractivity contribution in [1.29, 1.82) is 0 Å². The molecule has 0 bridgehead atoms. The van der Waals surface area contributed by atoms with Crippen LogP contribution in [-0.4, -0.2) is 21.0 Å². The Hall–Kier alpha value is -3.81. The lowest BCUT2D eigenvalue weighted by Gasteiger charge is -2.07. The number of nitro groups is 1. The maximum absolute atomic E-state index is 11.9. The Kier molecular flexibility index (Phi) is 5.14. The number of ether oxygens (including phenoxy) is 1. The van der Waals surface area contributed by atoms with E-state index in [1.807, 2.05) is 30.3 Å². The third-order valence-corrected chi connectivity index (χ3v) is 3.46. The molecular weight excluding hydrogens is 336 g/mol. The van der Waals surface area contributed by atoms with Gasteiger partial charge in [-0.2, -0.15) is 0 Å². The first-order valence-electron chi connectivity index (χ1n) is 7.67. The van der Waals surface area contributed by atoms with E-state index >= 15 is 0 Å². The van der Waals surface area contributed by atoms with E-state index in [1.165, 1.54) is 18.3 Å². The highest BCUT2D eigenvalue weighted by Crippen LogP contribution is 2.21. The third kappa shape index (κ3) is 4.38. The Morgan fingerprint density at radius 3 is 2.50 bits per heavy atom. The molecule has 0 spiro atoms. The SMILES string of the molecule is O=C(Nc1nccc(-c2ccc([N+](=O)[O-])cc2)n1)OCc1ccccc1. The van der Waals surface area contributed by atoms with Crippen molar-refractivity contribution in [1.82, 2.24) is 9.97 Å². The van der Waals surface area contributed by atoms with E-state index in [2.05, 4.69) is 15.3 Å². The summed E-state index contributed by atoms with van der Waals surface area (Å²) in [4.78, 5) is 30.3. The highest BCUT2D eigenvalue weighted by molar-refractivity contribution is 5.82. The van der Waals surface area contributed by atoms with Gasteiger partial charge in [0.15, 0.2) is 0 Å². The van der Waals surface area contributed by atoms with Gasteiger partial charge in [0.05, 0.1) is 10.6 Å². The summed E-state index contributed by atoms with van der Waals surface area (Å²) in [6.07, 6.45) is 0.811. The normalized spacial score (nSPS) is 10.2. The number of nitro benzene ring substituents is 1. The molecule has 130 valence electrons. The summed E-state index contributed by atoms with van der Waals surface area (Å²) in [6.45, 7) is 0.134. The van der Waals surface area contributed by atoms with Crippen LogP contribution in [0.1, 0.15) is 5.56 Å². The van der Waals surface area contributed by atoms with E-state index in [0.717, 1.165) is 5.56 Å². The van der Waals surface area contributed by atoms with Crippen LogP contribution in [0.15, 0.2) is 66.9 Å². The highest BCUT2D eigenvalue weighted by Gasteiger charge is 2.09. The summed E-state index contributed by atoms with van der Waals surface area (Å²) in [7, 11) is 0. The van der Waals surface area contributed by atoms with Gasteiger partial charge in [0.2, 0.25) is 5.95 Å². The highest BCUT2D eigenvalue weighted by atomic mass is 16.6. The number of nitrogens with one attached hydrogen (secondary N) is 1. The second kappa shape index (κ2) is 7.84. The molecule has 0 aliphatic heterocycles. The summed E-state index contributed by atoms with van der Waals surface area (Å²) in [5, 5.41) is 13.2. The molecule has 1 aromatic heterocycles. The van der Waals surface area contributed by atoms with Crippen LogP contribution in [0, 0.1) is 10.1 Å². The largest absolute Gasteiger partial charge is 0.444 e. The number of carbonyl (C=O) groups excluding carboxylic acids is 1. The van der Waals surface area contributed by atoms with Crippen molar-refractivity contribution >= 4 is 17.7 Å². The lowest BCUT2D eigenvalue weighted by Crippen LogP contribution is -2.15. The van der Waals surface area contributed by atoms with E-state index in [-0.39, 0.29) is 18.2 Å². The second-order valence-electron chi connectivity index (χ2n) is 5.26. The van der Waals surface area contributed by atoms with Crippen LogP contribution >= 0.6 is 0 Å². The number of hydrogen-bond donors (Lipinski definition) is 1. The van der Waals surface area contributed by atoms with Gasteiger partial charge in [-0.15, -0.1) is 0 Å². The fourth-order valence-electron chi connectivity index (χ4n) is 2.18. The number of carbonyl (C=O) groups is 1. The van der Waals surface area contributed by atoms with Crippen LogP contribution in [0.5, 0.6) is 0 Å². The molecule has 0 unspecified atom stereocenters. The molecule has 1 amide bonds. The number of nitrogens with zero attached hydrogens (tertiary/aromatic N) is 3. The average molecular weight is 350 g/mol. The fourth-order valence-corrected chi connectivity index (χ4v) is 2.18. The van der Waals surface area contributed by atoms with Crippen LogP contribution in [0.2, 0.25) is 0 Å². The van der Waals surface area contributed by atoms with Crippen LogP contribution < -0.4 is 5.32 Å². The summed E-state index contributed by atoms with van der Waals surface area (Å²) < 4.78 is 5.11. The number of hydrogen-bond acceptors (Lipinski definition) is 6. The number of benzene rings is 2. The number of anilines is 1. The molecule has 2 aromatic carbocycles. The van der Waals surface area contributed by atoms with Gasteiger partial charge in [-0.3, -0.25) is 15.4 Å². The third-order valence-electron chi connectivity index (χ3n) is 3.46. The molecule has 0 aliphatic rings. The molecule has 8 heteroatoms. The molecule has 8 nitrogen and oxygen atoms in total. The first-order valence-corrected chi connectivity index (χ1v) is 7.67. The van der Waals surface area contributed by atoms with Crippen LogP contribution in [0.25, 0.3) is 11.3 Å². The Morgan fingerprint density at radius 2 is 1.81 bits per heavy atom. The van der Waals surface area contributed by atoms with Crippen molar-refractivity contribution < 1.29 is 14.5 Å². The second-order valence-corrected chi connectivity index (χ2v) is 5.26. The smallest absolute Gasteiger partial charge is 0.414 e. The van der Waals surface area contributed by atoms with Gasteiger partial charge in [0.1, 0.15) is 6.61 Å². The zero-order valence-electron chi connectivity index (χ0n) is 13.5. The predicted octanol–water partition coefficient (Wildman–Crippen LogP) is 3.80.